The Hall–Kier alpha value is -2.21. The van der Waals surface area contributed by atoms with E-state index in [1.807, 2.05) is 30.6 Å². The summed E-state index contributed by atoms with van der Waals surface area (Å²) in [4.78, 5) is 16.1. The summed E-state index contributed by atoms with van der Waals surface area (Å²) < 4.78 is 1.73. The third-order valence-electron chi connectivity index (χ3n) is 4.14. The molecule has 1 amide bonds. The second-order valence-corrected chi connectivity index (χ2v) is 5.94. The second-order valence-electron chi connectivity index (χ2n) is 5.94. The summed E-state index contributed by atoms with van der Waals surface area (Å²) in [5.41, 5.74) is 2.21. The van der Waals surface area contributed by atoms with Crippen molar-refractivity contribution in [2.45, 2.75) is 31.7 Å². The molecule has 3 rings (SSSR count). The first-order valence-electron chi connectivity index (χ1n) is 8.21. The first kappa shape index (κ1) is 15.7. The van der Waals surface area contributed by atoms with Crippen molar-refractivity contribution in [3.63, 3.8) is 0 Å². The van der Waals surface area contributed by atoms with Crippen LogP contribution >= 0.6 is 0 Å². The molecule has 2 N–H and O–H groups in total. The van der Waals surface area contributed by atoms with Gasteiger partial charge in [-0.3, -0.25) is 14.5 Å². The van der Waals surface area contributed by atoms with Crippen molar-refractivity contribution in [2.24, 2.45) is 0 Å². The van der Waals surface area contributed by atoms with Crippen LogP contribution in [0.5, 0.6) is 0 Å². The van der Waals surface area contributed by atoms with Crippen LogP contribution in [0.1, 0.15) is 30.0 Å². The topological polar surface area (TPSA) is 71.8 Å². The van der Waals surface area contributed by atoms with Crippen LogP contribution in [0.15, 0.2) is 36.8 Å². The maximum Gasteiger partial charge on any atom is 0.241 e. The van der Waals surface area contributed by atoms with E-state index >= 15 is 0 Å². The minimum absolute atomic E-state index is 0.00897. The SMILES string of the molecule is O=C(Cn1ccc(C2CCCNC2)n1)NCCc1cccnc1. The van der Waals surface area contributed by atoms with Crippen molar-refractivity contribution in [1.29, 1.82) is 0 Å². The van der Waals surface area contributed by atoms with Gasteiger partial charge in [0.05, 0.1) is 5.69 Å². The molecule has 0 spiro atoms. The van der Waals surface area contributed by atoms with Crippen LogP contribution < -0.4 is 10.6 Å². The predicted molar refractivity (Wildman–Crippen MR) is 88.0 cm³/mol. The van der Waals surface area contributed by atoms with E-state index in [4.69, 9.17) is 0 Å². The Morgan fingerprint density at radius 3 is 3.17 bits per heavy atom. The van der Waals surface area contributed by atoms with E-state index in [-0.39, 0.29) is 12.5 Å². The van der Waals surface area contributed by atoms with Crippen LogP contribution in [0.25, 0.3) is 0 Å². The average Bonchev–Trinajstić information content (AvgIpc) is 3.05. The Morgan fingerprint density at radius 1 is 1.43 bits per heavy atom. The number of amides is 1. The molecule has 0 bridgehead atoms. The molecule has 1 aliphatic rings. The number of nitrogens with zero attached hydrogens (tertiary/aromatic N) is 3. The van der Waals surface area contributed by atoms with E-state index in [0.29, 0.717) is 12.5 Å². The van der Waals surface area contributed by atoms with E-state index in [1.165, 1.54) is 12.8 Å². The first-order valence-corrected chi connectivity index (χ1v) is 8.21. The van der Waals surface area contributed by atoms with Crippen molar-refractivity contribution in [2.75, 3.05) is 19.6 Å². The van der Waals surface area contributed by atoms with E-state index in [0.717, 1.165) is 30.8 Å². The lowest BCUT2D eigenvalue weighted by atomic mass is 9.97. The van der Waals surface area contributed by atoms with Gasteiger partial charge in [-0.2, -0.15) is 5.10 Å². The molecule has 1 fully saturated rings. The molecular formula is C17H23N5O. The van der Waals surface area contributed by atoms with Crippen LogP contribution in [0.2, 0.25) is 0 Å². The maximum absolute atomic E-state index is 12.0. The van der Waals surface area contributed by atoms with Gasteiger partial charge < -0.3 is 10.6 Å². The van der Waals surface area contributed by atoms with E-state index in [1.54, 1.807) is 10.9 Å². The molecule has 0 aromatic carbocycles. The van der Waals surface area contributed by atoms with Crippen LogP contribution in [0, 0.1) is 0 Å². The van der Waals surface area contributed by atoms with Crippen LogP contribution in [-0.2, 0) is 17.8 Å². The van der Waals surface area contributed by atoms with Gasteiger partial charge in [-0.25, -0.2) is 0 Å². The Labute approximate surface area is 136 Å². The molecule has 0 radical (unpaired) electrons. The Morgan fingerprint density at radius 2 is 2.39 bits per heavy atom. The lowest BCUT2D eigenvalue weighted by Crippen LogP contribution is -2.30. The van der Waals surface area contributed by atoms with Gasteiger partial charge in [-0.1, -0.05) is 6.07 Å². The lowest BCUT2D eigenvalue weighted by molar-refractivity contribution is -0.121. The fourth-order valence-corrected chi connectivity index (χ4v) is 2.88. The zero-order chi connectivity index (χ0) is 15.9. The quantitative estimate of drug-likeness (QED) is 0.838. The smallest absolute Gasteiger partial charge is 0.241 e. The maximum atomic E-state index is 12.0. The number of aromatic nitrogens is 3. The number of hydrogen-bond acceptors (Lipinski definition) is 4. The normalized spacial score (nSPS) is 17.8. The molecule has 3 heterocycles. The monoisotopic (exact) mass is 313 g/mol. The van der Waals surface area contributed by atoms with Gasteiger partial charge in [0.1, 0.15) is 6.54 Å². The predicted octanol–water partition coefficient (Wildman–Crippen LogP) is 1.10. The lowest BCUT2D eigenvalue weighted by Gasteiger charge is -2.20. The summed E-state index contributed by atoms with van der Waals surface area (Å²) in [6, 6.07) is 5.94. The number of piperidine rings is 1. The van der Waals surface area contributed by atoms with E-state index in [2.05, 4.69) is 20.7 Å². The van der Waals surface area contributed by atoms with E-state index in [9.17, 15) is 4.79 Å². The van der Waals surface area contributed by atoms with Gasteiger partial charge in [-0.15, -0.1) is 0 Å². The van der Waals surface area contributed by atoms with Gasteiger partial charge >= 0.3 is 0 Å². The number of carbonyl (C=O) groups is 1. The average molecular weight is 313 g/mol. The van der Waals surface area contributed by atoms with Crippen molar-refractivity contribution in [3.05, 3.63) is 48.0 Å². The number of hydrogen-bond donors (Lipinski definition) is 2. The molecule has 1 saturated heterocycles. The highest BCUT2D eigenvalue weighted by Crippen LogP contribution is 2.21. The van der Waals surface area contributed by atoms with Crippen molar-refractivity contribution < 1.29 is 4.79 Å². The summed E-state index contributed by atoms with van der Waals surface area (Å²) in [5, 5.41) is 10.9. The van der Waals surface area contributed by atoms with Crippen molar-refractivity contribution in [3.8, 4) is 0 Å². The molecule has 2 aromatic rings. The molecule has 6 nitrogen and oxygen atoms in total. The first-order chi connectivity index (χ1) is 11.3. The molecule has 23 heavy (non-hydrogen) atoms. The minimum atomic E-state index is -0.00897. The molecule has 0 aliphatic carbocycles. The summed E-state index contributed by atoms with van der Waals surface area (Å²) >= 11 is 0. The zero-order valence-electron chi connectivity index (χ0n) is 13.2. The van der Waals surface area contributed by atoms with E-state index < -0.39 is 0 Å². The fraction of sp³-hybridized carbons (Fsp3) is 0.471. The molecule has 1 unspecified atom stereocenters. The van der Waals surface area contributed by atoms with Crippen molar-refractivity contribution >= 4 is 5.91 Å². The summed E-state index contributed by atoms with van der Waals surface area (Å²) in [7, 11) is 0. The molecule has 2 aromatic heterocycles. The molecule has 1 atom stereocenters. The third kappa shape index (κ3) is 4.63. The molecule has 0 saturated carbocycles. The van der Waals surface area contributed by atoms with Gasteiger partial charge in [-0.05, 0) is 43.5 Å². The van der Waals surface area contributed by atoms with Crippen LogP contribution in [0.4, 0.5) is 0 Å². The fourth-order valence-electron chi connectivity index (χ4n) is 2.88. The Kier molecular flexibility index (Phi) is 5.37. The van der Waals surface area contributed by atoms with Crippen LogP contribution in [-0.4, -0.2) is 40.3 Å². The van der Waals surface area contributed by atoms with Gasteiger partial charge in [0.15, 0.2) is 0 Å². The summed E-state index contributed by atoms with van der Waals surface area (Å²) in [5.74, 6) is 0.462. The highest BCUT2D eigenvalue weighted by atomic mass is 16.2. The van der Waals surface area contributed by atoms with Gasteiger partial charge in [0.2, 0.25) is 5.91 Å². The van der Waals surface area contributed by atoms with Crippen molar-refractivity contribution in [1.82, 2.24) is 25.4 Å². The zero-order valence-corrected chi connectivity index (χ0v) is 13.2. The third-order valence-corrected chi connectivity index (χ3v) is 4.14. The highest BCUT2D eigenvalue weighted by molar-refractivity contribution is 5.75. The molecule has 6 heteroatoms. The Bertz CT molecular complexity index is 619. The number of carbonyl (C=O) groups excluding carboxylic acids is 1. The minimum Gasteiger partial charge on any atom is -0.354 e. The summed E-state index contributed by atoms with van der Waals surface area (Å²) in [6.07, 6.45) is 8.61. The number of nitrogens with one attached hydrogen (secondary N) is 2. The number of pyridine rings is 1. The Balaban J connectivity index is 1.43. The standard InChI is InChI=1S/C17H23N5O/c23-17(20-9-5-14-3-1-7-18-11-14)13-22-10-6-16(21-22)15-4-2-8-19-12-15/h1,3,6-7,10-11,15,19H,2,4-5,8-9,12-13H2,(H,20,23). The largest absolute Gasteiger partial charge is 0.354 e. The summed E-state index contributed by atoms with van der Waals surface area (Å²) in [6.45, 7) is 2.96. The molecule has 122 valence electrons. The van der Waals surface area contributed by atoms with Gasteiger partial charge in [0, 0.05) is 37.6 Å². The van der Waals surface area contributed by atoms with Gasteiger partial charge in [0.25, 0.3) is 0 Å². The second kappa shape index (κ2) is 7.87. The molecule has 1 aliphatic heterocycles. The molecular weight excluding hydrogens is 290 g/mol. The number of rotatable bonds is 6. The highest BCUT2D eigenvalue weighted by Gasteiger charge is 2.17. The van der Waals surface area contributed by atoms with Crippen LogP contribution in [0.3, 0.4) is 0 Å².